The number of hydrogen-bond acceptors (Lipinski definition) is 2. The smallest absolute Gasteiger partial charge is 0.394 e. The Labute approximate surface area is 222 Å². The molecular formula is C32H27IrN2. The maximum Gasteiger partial charge on any atom is 3.00 e. The van der Waals surface area contributed by atoms with Gasteiger partial charge in [0, 0.05) is 20.3 Å². The van der Waals surface area contributed by atoms with Gasteiger partial charge in [0.2, 0.25) is 0 Å². The van der Waals surface area contributed by atoms with E-state index in [2.05, 4.69) is 84.4 Å². The molecule has 174 valence electrons. The maximum atomic E-state index is 4.61. The molecule has 0 saturated heterocycles. The Bertz CT molecular complexity index is 1450. The predicted molar refractivity (Wildman–Crippen MR) is 142 cm³/mol. The minimum Gasteiger partial charge on any atom is -0.394 e. The van der Waals surface area contributed by atoms with E-state index in [1.54, 1.807) is 0 Å². The van der Waals surface area contributed by atoms with Gasteiger partial charge in [0.15, 0.2) is 0 Å². The van der Waals surface area contributed by atoms with Gasteiger partial charge in [-0.3, -0.25) is 0 Å². The van der Waals surface area contributed by atoms with Crippen LogP contribution in [-0.4, -0.2) is 19.1 Å². The van der Waals surface area contributed by atoms with Gasteiger partial charge in [0.1, 0.15) is 0 Å². The van der Waals surface area contributed by atoms with Crippen LogP contribution in [0.4, 0.5) is 5.69 Å². The number of aromatic nitrogens is 1. The van der Waals surface area contributed by atoms with E-state index < -0.39 is 0 Å². The van der Waals surface area contributed by atoms with E-state index in [1.807, 2.05) is 62.8 Å². The molecule has 0 atom stereocenters. The molecule has 1 aliphatic rings. The predicted octanol–water partition coefficient (Wildman–Crippen LogP) is 7.36. The Hall–Kier alpha value is -3.26. The van der Waals surface area contributed by atoms with Gasteiger partial charge in [-0.25, -0.2) is 11.1 Å². The SMILES string of the molecule is CC1(C)c2ccc[c-]c2-c2nccc3cccc1c23.CN(C)c1cc[c-]c(-c2[c-]cccc2)c1.[Ir+3]. The van der Waals surface area contributed by atoms with Crippen molar-refractivity contribution in [2.45, 2.75) is 19.3 Å². The summed E-state index contributed by atoms with van der Waals surface area (Å²) in [5, 5.41) is 2.54. The molecule has 0 fully saturated rings. The maximum absolute atomic E-state index is 4.61. The second-order valence-corrected chi connectivity index (χ2v) is 9.28. The Kier molecular flexibility index (Phi) is 7.21. The first-order chi connectivity index (χ1) is 16.5. The third kappa shape index (κ3) is 4.67. The summed E-state index contributed by atoms with van der Waals surface area (Å²) < 4.78 is 0. The van der Waals surface area contributed by atoms with E-state index in [4.69, 9.17) is 0 Å². The van der Waals surface area contributed by atoms with Crippen molar-refractivity contribution in [3.8, 4) is 22.4 Å². The average Bonchev–Trinajstić information content (AvgIpc) is 2.88. The minimum atomic E-state index is 0. The molecule has 4 aromatic carbocycles. The zero-order valence-corrected chi connectivity index (χ0v) is 22.8. The van der Waals surface area contributed by atoms with Crippen molar-refractivity contribution in [2.24, 2.45) is 0 Å². The molecule has 5 aromatic rings. The van der Waals surface area contributed by atoms with Crippen LogP contribution < -0.4 is 4.90 Å². The quantitative estimate of drug-likeness (QED) is 0.189. The van der Waals surface area contributed by atoms with Crippen molar-refractivity contribution in [1.82, 2.24) is 4.98 Å². The number of nitrogens with zero attached hydrogens (tertiary/aromatic N) is 2. The van der Waals surface area contributed by atoms with Gasteiger partial charge in [0.05, 0.1) is 0 Å². The molecule has 0 bridgehead atoms. The van der Waals surface area contributed by atoms with Crippen molar-refractivity contribution < 1.29 is 20.1 Å². The standard InChI is InChI=1S/C18H14N.C14H13N.Ir/c1-18(2)14-8-4-3-7-13(14)17-16-12(10-11-19-17)6-5-9-15(16)18;1-15(2)14-10-6-9-13(11-14)12-7-4-3-5-8-12;/h3-6,8-11H,1-2H3;3-7,10-11H,1-2H3;/q-1;-2;+3. The van der Waals surface area contributed by atoms with Crippen LogP contribution in [0.25, 0.3) is 33.2 Å². The van der Waals surface area contributed by atoms with Gasteiger partial charge in [0.25, 0.3) is 0 Å². The summed E-state index contributed by atoms with van der Waals surface area (Å²) in [4.78, 5) is 6.70. The zero-order valence-electron chi connectivity index (χ0n) is 20.4. The summed E-state index contributed by atoms with van der Waals surface area (Å²) in [5.41, 5.74) is 8.25. The van der Waals surface area contributed by atoms with Crippen LogP contribution in [0.15, 0.2) is 91.1 Å². The summed E-state index contributed by atoms with van der Waals surface area (Å²) >= 11 is 0. The van der Waals surface area contributed by atoms with Gasteiger partial charge in [-0.15, -0.1) is 47.5 Å². The largest absolute Gasteiger partial charge is 3.00 e. The number of anilines is 1. The Morgan fingerprint density at radius 2 is 1.51 bits per heavy atom. The second kappa shape index (κ2) is 10.2. The Morgan fingerprint density at radius 1 is 0.743 bits per heavy atom. The number of rotatable bonds is 2. The summed E-state index contributed by atoms with van der Waals surface area (Å²) in [7, 11) is 4.07. The molecule has 1 heterocycles. The van der Waals surface area contributed by atoms with Crippen molar-refractivity contribution >= 4 is 16.5 Å². The summed E-state index contributed by atoms with van der Waals surface area (Å²) in [5.74, 6) is 0. The molecule has 35 heavy (non-hydrogen) atoms. The molecule has 1 aromatic heterocycles. The van der Waals surface area contributed by atoms with Crippen LogP contribution >= 0.6 is 0 Å². The normalized spacial score (nSPS) is 12.6. The van der Waals surface area contributed by atoms with Crippen LogP contribution in [0.1, 0.15) is 25.0 Å². The van der Waals surface area contributed by atoms with E-state index >= 15 is 0 Å². The molecule has 0 N–H and O–H groups in total. The van der Waals surface area contributed by atoms with E-state index in [-0.39, 0.29) is 25.5 Å². The van der Waals surface area contributed by atoms with Crippen LogP contribution in [0.3, 0.4) is 0 Å². The molecule has 0 radical (unpaired) electrons. The number of benzene rings is 4. The van der Waals surface area contributed by atoms with Gasteiger partial charge in [-0.2, -0.15) is 42.5 Å². The van der Waals surface area contributed by atoms with Gasteiger partial charge >= 0.3 is 20.1 Å². The molecule has 0 unspecified atom stereocenters. The molecule has 6 rings (SSSR count). The fourth-order valence-corrected chi connectivity index (χ4v) is 4.69. The molecule has 0 saturated carbocycles. The number of pyridine rings is 1. The molecular weight excluding hydrogens is 605 g/mol. The van der Waals surface area contributed by atoms with E-state index in [9.17, 15) is 0 Å². The topological polar surface area (TPSA) is 16.1 Å². The minimum absolute atomic E-state index is 0. The average molecular weight is 632 g/mol. The van der Waals surface area contributed by atoms with Gasteiger partial charge < -0.3 is 9.88 Å². The van der Waals surface area contributed by atoms with Gasteiger partial charge in [-0.1, -0.05) is 37.7 Å². The third-order valence-corrected chi connectivity index (χ3v) is 6.53. The molecule has 3 heteroatoms. The van der Waals surface area contributed by atoms with Crippen molar-refractivity contribution in [3.63, 3.8) is 0 Å². The van der Waals surface area contributed by atoms with Crippen molar-refractivity contribution in [2.75, 3.05) is 19.0 Å². The molecule has 2 nitrogen and oxygen atoms in total. The van der Waals surface area contributed by atoms with Crippen LogP contribution in [0.2, 0.25) is 0 Å². The third-order valence-electron chi connectivity index (χ3n) is 6.53. The number of fused-ring (bicyclic) bond motifs is 2. The summed E-state index contributed by atoms with van der Waals surface area (Å²) in [6.07, 6.45) is 1.89. The van der Waals surface area contributed by atoms with Crippen molar-refractivity contribution in [1.29, 1.82) is 0 Å². The fraction of sp³-hybridized carbons (Fsp3) is 0.156. The molecule has 0 aliphatic heterocycles. The first kappa shape index (κ1) is 24.9. The van der Waals surface area contributed by atoms with E-state index in [0.717, 1.165) is 22.4 Å². The van der Waals surface area contributed by atoms with Crippen molar-refractivity contribution in [3.05, 3.63) is 120 Å². The van der Waals surface area contributed by atoms with Crippen LogP contribution in [0.5, 0.6) is 0 Å². The van der Waals surface area contributed by atoms with Crippen LogP contribution in [-0.2, 0) is 25.5 Å². The summed E-state index contributed by atoms with van der Waals surface area (Å²) in [6.45, 7) is 4.56. The molecule has 0 spiro atoms. The Balaban J connectivity index is 0.000000165. The van der Waals surface area contributed by atoms with E-state index in [1.165, 1.54) is 27.6 Å². The van der Waals surface area contributed by atoms with Gasteiger partial charge in [-0.05, 0) is 33.5 Å². The molecule has 0 amide bonds. The zero-order chi connectivity index (χ0) is 23.7. The molecule has 1 aliphatic carbocycles. The number of hydrogen-bond donors (Lipinski definition) is 0. The first-order valence-corrected chi connectivity index (χ1v) is 11.5. The van der Waals surface area contributed by atoms with Crippen LogP contribution in [0, 0.1) is 18.2 Å². The monoisotopic (exact) mass is 632 g/mol. The summed E-state index contributed by atoms with van der Waals surface area (Å²) in [6, 6.07) is 38.7. The Morgan fingerprint density at radius 3 is 2.29 bits per heavy atom. The first-order valence-electron chi connectivity index (χ1n) is 11.5. The fourth-order valence-electron chi connectivity index (χ4n) is 4.69. The van der Waals surface area contributed by atoms with E-state index in [0.29, 0.717) is 0 Å². The second-order valence-electron chi connectivity index (χ2n) is 9.28.